The summed E-state index contributed by atoms with van der Waals surface area (Å²) in [5.41, 5.74) is 0. The summed E-state index contributed by atoms with van der Waals surface area (Å²) in [6.45, 7) is 2.15. The Morgan fingerprint density at radius 1 is 1.29 bits per heavy atom. The summed E-state index contributed by atoms with van der Waals surface area (Å²) in [5, 5.41) is 21.0. The number of carbonyl (C=O) groups excluding carboxylic acids is 1. The highest BCUT2D eigenvalue weighted by Crippen LogP contribution is 2.22. The fourth-order valence-electron chi connectivity index (χ4n) is 2.85. The Labute approximate surface area is 126 Å². The highest BCUT2D eigenvalue weighted by atomic mass is 16.4. The Morgan fingerprint density at radius 3 is 2.48 bits per heavy atom. The summed E-state index contributed by atoms with van der Waals surface area (Å²) in [5.74, 6) is -0.996. The molecule has 3 N–H and O–H groups in total. The lowest BCUT2D eigenvalue weighted by atomic mass is 9.94. The lowest BCUT2D eigenvalue weighted by Crippen LogP contribution is -2.52. The molecule has 6 nitrogen and oxygen atoms in total. The average Bonchev–Trinajstić information content (AvgIpc) is 2.49. The number of urea groups is 1. The van der Waals surface area contributed by atoms with Gasteiger partial charge in [-0.2, -0.15) is 0 Å². The van der Waals surface area contributed by atoms with Crippen LogP contribution in [0.15, 0.2) is 0 Å². The van der Waals surface area contributed by atoms with Crippen LogP contribution in [-0.4, -0.2) is 52.3 Å². The molecule has 1 aliphatic rings. The number of carboxylic acids is 1. The van der Waals surface area contributed by atoms with E-state index in [9.17, 15) is 14.7 Å². The van der Waals surface area contributed by atoms with Gasteiger partial charge in [-0.3, -0.25) is 0 Å². The molecule has 0 heterocycles. The molecule has 1 saturated carbocycles. The van der Waals surface area contributed by atoms with Gasteiger partial charge >= 0.3 is 12.0 Å². The predicted octanol–water partition coefficient (Wildman–Crippen LogP) is 1.97. The van der Waals surface area contributed by atoms with Crippen LogP contribution in [-0.2, 0) is 4.79 Å². The Hall–Kier alpha value is -1.30. The third kappa shape index (κ3) is 5.91. The molecule has 0 radical (unpaired) electrons. The third-order valence-corrected chi connectivity index (χ3v) is 4.06. The molecule has 0 bridgehead atoms. The summed E-state index contributed by atoms with van der Waals surface area (Å²) < 4.78 is 0. The van der Waals surface area contributed by atoms with Gasteiger partial charge in [0.1, 0.15) is 6.04 Å². The molecule has 122 valence electrons. The van der Waals surface area contributed by atoms with Crippen molar-refractivity contribution >= 4 is 12.0 Å². The molecular weight excluding hydrogens is 272 g/mol. The smallest absolute Gasteiger partial charge is 0.326 e. The van der Waals surface area contributed by atoms with Gasteiger partial charge in [-0.1, -0.05) is 39.0 Å². The molecule has 0 aromatic heterocycles. The standard InChI is InChI=1S/C15H28N2O4/c1-2-3-9-13(14(19)20)16-15(21)17(10-11-18)12-7-5-4-6-8-12/h12-13,18H,2-11H2,1H3,(H,16,21)(H,19,20). The molecular formula is C15H28N2O4. The summed E-state index contributed by atoms with van der Waals surface area (Å²) in [6.07, 6.45) is 7.30. The monoisotopic (exact) mass is 300 g/mol. The van der Waals surface area contributed by atoms with Gasteiger partial charge in [-0.05, 0) is 19.3 Å². The molecule has 6 heteroatoms. The minimum absolute atomic E-state index is 0.101. The number of aliphatic hydroxyl groups is 1. The molecule has 1 unspecified atom stereocenters. The van der Waals surface area contributed by atoms with Gasteiger partial charge in [0.15, 0.2) is 0 Å². The molecule has 0 spiro atoms. The molecule has 0 saturated heterocycles. The molecule has 2 amide bonds. The maximum Gasteiger partial charge on any atom is 0.326 e. The van der Waals surface area contributed by atoms with E-state index in [2.05, 4.69) is 5.32 Å². The van der Waals surface area contributed by atoms with Gasteiger partial charge in [0, 0.05) is 12.6 Å². The number of carboxylic acid groups (broad SMARTS) is 1. The van der Waals surface area contributed by atoms with E-state index in [1.54, 1.807) is 4.90 Å². The van der Waals surface area contributed by atoms with Crippen LogP contribution in [0.1, 0.15) is 58.3 Å². The number of rotatable bonds is 8. The molecule has 1 atom stereocenters. The summed E-state index contributed by atoms with van der Waals surface area (Å²) in [7, 11) is 0. The number of unbranched alkanes of at least 4 members (excludes halogenated alkanes) is 1. The number of aliphatic carboxylic acids is 1. The quantitative estimate of drug-likeness (QED) is 0.639. The van der Waals surface area contributed by atoms with Gasteiger partial charge in [0.05, 0.1) is 6.61 Å². The van der Waals surface area contributed by atoms with Crippen molar-refractivity contribution in [3.05, 3.63) is 0 Å². The van der Waals surface area contributed by atoms with Gasteiger partial charge < -0.3 is 20.4 Å². The van der Waals surface area contributed by atoms with Crippen LogP contribution in [0.5, 0.6) is 0 Å². The third-order valence-electron chi connectivity index (χ3n) is 4.06. The van der Waals surface area contributed by atoms with Crippen LogP contribution in [0.3, 0.4) is 0 Å². The van der Waals surface area contributed by atoms with Crippen molar-refractivity contribution in [1.29, 1.82) is 0 Å². The number of nitrogens with zero attached hydrogens (tertiary/aromatic N) is 1. The number of nitrogens with one attached hydrogen (secondary N) is 1. The van der Waals surface area contributed by atoms with E-state index >= 15 is 0 Å². The summed E-state index contributed by atoms with van der Waals surface area (Å²) in [4.78, 5) is 25.2. The fourth-order valence-corrected chi connectivity index (χ4v) is 2.85. The van der Waals surface area contributed by atoms with E-state index in [4.69, 9.17) is 5.11 Å². The minimum atomic E-state index is -0.996. The fraction of sp³-hybridized carbons (Fsp3) is 0.867. The van der Waals surface area contributed by atoms with E-state index in [1.807, 2.05) is 6.92 Å². The van der Waals surface area contributed by atoms with Crippen molar-refractivity contribution in [3.8, 4) is 0 Å². The Balaban J connectivity index is 2.63. The zero-order valence-electron chi connectivity index (χ0n) is 12.9. The van der Waals surface area contributed by atoms with Crippen molar-refractivity contribution in [2.24, 2.45) is 0 Å². The van der Waals surface area contributed by atoms with Crippen molar-refractivity contribution in [2.45, 2.75) is 70.4 Å². The van der Waals surface area contributed by atoms with Crippen molar-refractivity contribution in [1.82, 2.24) is 10.2 Å². The first kappa shape index (κ1) is 17.8. The number of aliphatic hydroxyl groups excluding tert-OH is 1. The van der Waals surface area contributed by atoms with Gasteiger partial charge in [0.25, 0.3) is 0 Å². The molecule has 0 aromatic carbocycles. The Morgan fingerprint density at radius 2 is 1.95 bits per heavy atom. The maximum absolute atomic E-state index is 12.4. The zero-order valence-corrected chi connectivity index (χ0v) is 12.9. The summed E-state index contributed by atoms with van der Waals surface area (Å²) in [6, 6.07) is -1.09. The van der Waals surface area contributed by atoms with Crippen LogP contribution in [0.4, 0.5) is 4.79 Å². The van der Waals surface area contributed by atoms with Crippen LogP contribution < -0.4 is 5.32 Å². The van der Waals surface area contributed by atoms with Crippen LogP contribution in [0, 0.1) is 0 Å². The van der Waals surface area contributed by atoms with Crippen LogP contribution in [0.2, 0.25) is 0 Å². The topological polar surface area (TPSA) is 89.9 Å². The molecule has 21 heavy (non-hydrogen) atoms. The second-order valence-electron chi connectivity index (χ2n) is 5.69. The molecule has 1 fully saturated rings. The maximum atomic E-state index is 12.4. The minimum Gasteiger partial charge on any atom is -0.480 e. The largest absolute Gasteiger partial charge is 0.480 e. The van der Waals surface area contributed by atoms with Crippen molar-refractivity contribution < 1.29 is 19.8 Å². The molecule has 1 aliphatic carbocycles. The first-order valence-electron chi connectivity index (χ1n) is 8.01. The molecule has 1 rings (SSSR count). The van der Waals surface area contributed by atoms with Gasteiger partial charge in [-0.15, -0.1) is 0 Å². The number of carbonyl (C=O) groups is 2. The Kier molecular flexibility index (Phi) is 8.12. The van der Waals surface area contributed by atoms with Gasteiger partial charge in [-0.25, -0.2) is 9.59 Å². The molecule has 0 aliphatic heterocycles. The molecule has 0 aromatic rings. The number of hydrogen-bond donors (Lipinski definition) is 3. The normalized spacial score (nSPS) is 17.2. The SMILES string of the molecule is CCCCC(NC(=O)N(CCO)C1CCCCC1)C(=O)O. The first-order valence-corrected chi connectivity index (χ1v) is 8.01. The van der Waals surface area contributed by atoms with E-state index in [0.29, 0.717) is 6.42 Å². The predicted molar refractivity (Wildman–Crippen MR) is 80.1 cm³/mol. The van der Waals surface area contributed by atoms with E-state index in [0.717, 1.165) is 38.5 Å². The van der Waals surface area contributed by atoms with E-state index < -0.39 is 12.0 Å². The van der Waals surface area contributed by atoms with Gasteiger partial charge in [0.2, 0.25) is 0 Å². The van der Waals surface area contributed by atoms with Crippen molar-refractivity contribution in [2.75, 3.05) is 13.2 Å². The number of hydrogen-bond acceptors (Lipinski definition) is 3. The zero-order chi connectivity index (χ0) is 15.7. The van der Waals surface area contributed by atoms with E-state index in [-0.39, 0.29) is 25.2 Å². The lowest BCUT2D eigenvalue weighted by Gasteiger charge is -2.34. The first-order chi connectivity index (χ1) is 10.1. The lowest BCUT2D eigenvalue weighted by molar-refractivity contribution is -0.139. The average molecular weight is 300 g/mol. The van der Waals surface area contributed by atoms with Crippen molar-refractivity contribution in [3.63, 3.8) is 0 Å². The van der Waals surface area contributed by atoms with Crippen LogP contribution in [0.25, 0.3) is 0 Å². The van der Waals surface area contributed by atoms with E-state index in [1.165, 1.54) is 6.42 Å². The second-order valence-corrected chi connectivity index (χ2v) is 5.69. The summed E-state index contributed by atoms with van der Waals surface area (Å²) >= 11 is 0. The number of amides is 2. The highest BCUT2D eigenvalue weighted by molar-refractivity contribution is 5.82. The van der Waals surface area contributed by atoms with Crippen LogP contribution >= 0.6 is 0 Å². The Bertz CT molecular complexity index is 330. The highest BCUT2D eigenvalue weighted by Gasteiger charge is 2.28. The second kappa shape index (κ2) is 9.60.